The van der Waals surface area contributed by atoms with Gasteiger partial charge in [0.1, 0.15) is 0 Å². The lowest BCUT2D eigenvalue weighted by molar-refractivity contribution is -0.144. The minimum atomic E-state index is -1.21. The number of hydrogen-bond acceptors (Lipinski definition) is 16. The summed E-state index contributed by atoms with van der Waals surface area (Å²) in [6.45, 7) is -0.0237. The molecule has 1 rings (SSSR count). The molecule has 320 valence electrons. The zero-order valence-electron chi connectivity index (χ0n) is 31.4. The second-order valence-corrected chi connectivity index (χ2v) is 13.4. The molecule has 56 heavy (non-hydrogen) atoms. The van der Waals surface area contributed by atoms with Gasteiger partial charge in [-0.2, -0.15) is 0 Å². The molecular weight excluding hydrogens is 752 g/mol. The first-order valence-corrected chi connectivity index (χ1v) is 17.8. The summed E-state index contributed by atoms with van der Waals surface area (Å²) in [5.41, 5.74) is 0. The van der Waals surface area contributed by atoms with Crippen LogP contribution in [-0.4, -0.2) is 285 Å². The van der Waals surface area contributed by atoms with E-state index in [1.165, 1.54) is 19.6 Å². The summed E-state index contributed by atoms with van der Waals surface area (Å²) in [5, 5.41) is 74.6. The fourth-order valence-electron chi connectivity index (χ4n) is 5.99. The molecule has 0 aliphatic carbocycles. The standard InChI is InChI=1S/C32H56N8O16/c41-25(42)17-37(18-26(43)44)13-9-33-1-2-34(10-14-38(19-27(45)46)20-28(47)48)5-6-36(12-16-40(23-31(53)54)24-32(55)56)8-7-35(4-3-33)11-15-39(21-29(49)50)22-30(51)52/h1-24H2,(H,41,42)(H,43,44)(H,45,46)(H,47,48)(H,49,50)(H,51,52)(H,53,54)(H,55,56). The molecule has 0 bridgehead atoms. The first-order valence-electron chi connectivity index (χ1n) is 17.8. The number of hydrogen-bond donors (Lipinski definition) is 8. The van der Waals surface area contributed by atoms with Crippen LogP contribution in [0.3, 0.4) is 0 Å². The van der Waals surface area contributed by atoms with Gasteiger partial charge in [-0.05, 0) is 0 Å². The van der Waals surface area contributed by atoms with Gasteiger partial charge < -0.3 is 40.9 Å². The molecule has 0 atom stereocenters. The van der Waals surface area contributed by atoms with Crippen molar-refractivity contribution in [2.75, 3.05) is 157 Å². The smallest absolute Gasteiger partial charge is 0.317 e. The first-order chi connectivity index (χ1) is 26.3. The Morgan fingerprint density at radius 3 is 0.518 bits per heavy atom. The predicted molar refractivity (Wildman–Crippen MR) is 193 cm³/mol. The summed E-state index contributed by atoms with van der Waals surface area (Å²) < 4.78 is 0. The lowest BCUT2D eigenvalue weighted by Crippen LogP contribution is -2.51. The van der Waals surface area contributed by atoms with Crippen LogP contribution in [0.1, 0.15) is 0 Å². The fraction of sp³-hybridized carbons (Fsp3) is 0.750. The van der Waals surface area contributed by atoms with Gasteiger partial charge in [-0.25, -0.2) is 0 Å². The third kappa shape index (κ3) is 25.5. The highest BCUT2D eigenvalue weighted by atomic mass is 16.4. The summed E-state index contributed by atoms with van der Waals surface area (Å²) in [6, 6.07) is 0. The number of rotatable bonds is 28. The van der Waals surface area contributed by atoms with Gasteiger partial charge >= 0.3 is 47.8 Å². The Kier molecular flexibility index (Phi) is 23.9. The van der Waals surface area contributed by atoms with E-state index in [0.717, 1.165) is 0 Å². The highest BCUT2D eigenvalue weighted by Crippen LogP contribution is 2.05. The van der Waals surface area contributed by atoms with Crippen LogP contribution in [0.4, 0.5) is 0 Å². The molecule has 0 spiro atoms. The van der Waals surface area contributed by atoms with Crippen LogP contribution in [0.25, 0.3) is 0 Å². The SMILES string of the molecule is O=C(O)CN(CCN1CCN(CCN(CC(=O)O)CC(=O)O)CCN(CCN(CC(=O)O)CC(=O)O)CCN(CCN(CC(=O)O)CC(=O)O)CC1)CC(=O)O. The second-order valence-electron chi connectivity index (χ2n) is 13.4. The minimum absolute atomic E-state index is 0.0750. The van der Waals surface area contributed by atoms with E-state index in [4.69, 9.17) is 0 Å². The molecular formula is C32H56N8O16. The summed E-state index contributed by atoms with van der Waals surface area (Å²) in [5.74, 6) is -9.70. The Bertz CT molecular complexity index is 1040. The van der Waals surface area contributed by atoms with Crippen molar-refractivity contribution in [2.45, 2.75) is 0 Å². The van der Waals surface area contributed by atoms with E-state index in [1.807, 2.05) is 19.6 Å². The summed E-state index contributed by atoms with van der Waals surface area (Å²) in [4.78, 5) is 104. The lowest BCUT2D eigenvalue weighted by Gasteiger charge is -2.36. The van der Waals surface area contributed by atoms with Gasteiger partial charge in [0.2, 0.25) is 0 Å². The third-order valence-corrected chi connectivity index (χ3v) is 8.73. The molecule has 0 radical (unpaired) electrons. The molecule has 1 fully saturated rings. The maximum atomic E-state index is 11.4. The van der Waals surface area contributed by atoms with E-state index >= 15 is 0 Å². The van der Waals surface area contributed by atoms with Crippen LogP contribution in [0.5, 0.6) is 0 Å². The average molecular weight is 809 g/mol. The summed E-state index contributed by atoms with van der Waals surface area (Å²) in [6.07, 6.45) is 0. The van der Waals surface area contributed by atoms with Crippen molar-refractivity contribution < 1.29 is 79.2 Å². The van der Waals surface area contributed by atoms with Crippen molar-refractivity contribution in [3.05, 3.63) is 0 Å². The van der Waals surface area contributed by atoms with E-state index < -0.39 is 100 Å². The molecule has 0 aromatic carbocycles. The molecule has 1 aliphatic heterocycles. The Morgan fingerprint density at radius 1 is 0.286 bits per heavy atom. The maximum Gasteiger partial charge on any atom is 0.317 e. The van der Waals surface area contributed by atoms with Crippen LogP contribution in [0, 0.1) is 0 Å². The van der Waals surface area contributed by atoms with Gasteiger partial charge in [0, 0.05) is 105 Å². The normalized spacial score (nSPS) is 15.8. The molecule has 1 aliphatic rings. The number of carboxylic acids is 8. The Hall–Kier alpha value is -4.56. The summed E-state index contributed by atoms with van der Waals surface area (Å²) >= 11 is 0. The van der Waals surface area contributed by atoms with Gasteiger partial charge in [-0.15, -0.1) is 0 Å². The van der Waals surface area contributed by atoms with Crippen molar-refractivity contribution in [1.29, 1.82) is 0 Å². The quantitative estimate of drug-likeness (QED) is 0.0367. The van der Waals surface area contributed by atoms with E-state index in [9.17, 15) is 79.2 Å². The Morgan fingerprint density at radius 2 is 0.411 bits per heavy atom. The van der Waals surface area contributed by atoms with E-state index in [-0.39, 0.29) is 52.4 Å². The molecule has 0 saturated carbocycles. The predicted octanol–water partition coefficient (Wildman–Crippen LogP) is -4.91. The van der Waals surface area contributed by atoms with Gasteiger partial charge in [-0.1, -0.05) is 0 Å². The van der Waals surface area contributed by atoms with Crippen LogP contribution < -0.4 is 0 Å². The largest absolute Gasteiger partial charge is 0.480 e. The van der Waals surface area contributed by atoms with Crippen LogP contribution in [0.15, 0.2) is 0 Å². The van der Waals surface area contributed by atoms with Crippen molar-refractivity contribution in [2.24, 2.45) is 0 Å². The zero-order chi connectivity index (χ0) is 42.2. The molecule has 0 aromatic rings. The molecule has 0 amide bonds. The molecule has 8 N–H and O–H groups in total. The van der Waals surface area contributed by atoms with Crippen LogP contribution in [-0.2, 0) is 38.4 Å². The van der Waals surface area contributed by atoms with Gasteiger partial charge in [-0.3, -0.25) is 77.6 Å². The highest BCUT2D eigenvalue weighted by molar-refractivity contribution is 5.74. The van der Waals surface area contributed by atoms with Crippen molar-refractivity contribution >= 4 is 47.8 Å². The molecule has 1 saturated heterocycles. The Balaban J connectivity index is 3.42. The highest BCUT2D eigenvalue weighted by Gasteiger charge is 2.23. The van der Waals surface area contributed by atoms with Crippen molar-refractivity contribution in [3.8, 4) is 0 Å². The fourth-order valence-corrected chi connectivity index (χ4v) is 5.99. The second kappa shape index (κ2) is 27.1. The molecule has 24 heteroatoms. The molecule has 0 unspecified atom stereocenters. The van der Waals surface area contributed by atoms with Crippen LogP contribution >= 0.6 is 0 Å². The van der Waals surface area contributed by atoms with Crippen molar-refractivity contribution in [1.82, 2.24) is 39.2 Å². The van der Waals surface area contributed by atoms with Gasteiger partial charge in [0.15, 0.2) is 0 Å². The topological polar surface area (TPSA) is 324 Å². The monoisotopic (exact) mass is 808 g/mol. The number of aliphatic carboxylic acids is 8. The molecule has 24 nitrogen and oxygen atoms in total. The first kappa shape index (κ1) is 49.5. The number of carboxylic acid groups (broad SMARTS) is 8. The summed E-state index contributed by atoms with van der Waals surface area (Å²) in [7, 11) is 0. The minimum Gasteiger partial charge on any atom is -0.480 e. The van der Waals surface area contributed by atoms with Gasteiger partial charge in [0.25, 0.3) is 0 Å². The molecule has 1 heterocycles. The van der Waals surface area contributed by atoms with E-state index in [2.05, 4.69) is 0 Å². The number of nitrogens with zero attached hydrogens (tertiary/aromatic N) is 8. The lowest BCUT2D eigenvalue weighted by atomic mass is 10.3. The van der Waals surface area contributed by atoms with E-state index in [1.54, 1.807) is 0 Å². The molecule has 0 aromatic heterocycles. The van der Waals surface area contributed by atoms with Crippen molar-refractivity contribution in [3.63, 3.8) is 0 Å². The van der Waals surface area contributed by atoms with E-state index in [0.29, 0.717) is 52.4 Å². The number of carbonyl (C=O) groups is 8. The Labute approximate surface area is 323 Å². The average Bonchev–Trinajstić information content (AvgIpc) is 3.04. The van der Waals surface area contributed by atoms with Gasteiger partial charge in [0.05, 0.1) is 52.4 Å². The van der Waals surface area contributed by atoms with Crippen LogP contribution in [0.2, 0.25) is 0 Å². The zero-order valence-corrected chi connectivity index (χ0v) is 31.4. The maximum absolute atomic E-state index is 11.4. The third-order valence-electron chi connectivity index (χ3n) is 8.73.